The van der Waals surface area contributed by atoms with Crippen LogP contribution in [0, 0.1) is 6.92 Å². The monoisotopic (exact) mass is 356 g/mol. The van der Waals surface area contributed by atoms with Gasteiger partial charge >= 0.3 is 0 Å². The van der Waals surface area contributed by atoms with Crippen LogP contribution in [-0.2, 0) is 12.5 Å². The van der Waals surface area contributed by atoms with Crippen LogP contribution < -0.4 is 4.57 Å². The first-order valence-electron chi connectivity index (χ1n) is 10.3. The van der Waals surface area contributed by atoms with Gasteiger partial charge in [0.2, 0.25) is 5.69 Å². The Morgan fingerprint density at radius 1 is 0.852 bits per heavy atom. The number of aryl methyl sites for hydroxylation is 2. The molecule has 1 heteroatoms. The van der Waals surface area contributed by atoms with E-state index in [1.807, 2.05) is 0 Å². The lowest BCUT2D eigenvalue weighted by molar-refractivity contribution is -0.660. The summed E-state index contributed by atoms with van der Waals surface area (Å²) in [6, 6.07) is 20.2. The van der Waals surface area contributed by atoms with E-state index in [1.165, 1.54) is 64.8 Å². The summed E-state index contributed by atoms with van der Waals surface area (Å²) in [6.07, 6.45) is 7.41. The number of pyridine rings is 1. The van der Waals surface area contributed by atoms with Crippen LogP contribution in [0.2, 0.25) is 0 Å². The number of nitrogens with zero attached hydrogens (tertiary/aromatic N) is 1. The van der Waals surface area contributed by atoms with Crippen LogP contribution >= 0.6 is 0 Å². The summed E-state index contributed by atoms with van der Waals surface area (Å²) in [5.74, 6) is 0. The number of benzene rings is 2. The molecule has 0 saturated heterocycles. The van der Waals surface area contributed by atoms with E-state index in [-0.39, 0.29) is 5.41 Å². The molecule has 27 heavy (non-hydrogen) atoms. The Balaban J connectivity index is 1.91. The smallest absolute Gasteiger partial charge is 0.200 e. The first-order valence-corrected chi connectivity index (χ1v) is 10.3. The second-order valence-corrected chi connectivity index (χ2v) is 8.25. The van der Waals surface area contributed by atoms with Crippen LogP contribution in [-0.4, -0.2) is 0 Å². The van der Waals surface area contributed by atoms with Gasteiger partial charge in [0.05, 0.1) is 5.56 Å². The molecule has 0 radical (unpaired) electrons. The molecule has 4 rings (SSSR count). The predicted molar refractivity (Wildman–Crippen MR) is 114 cm³/mol. The zero-order chi connectivity index (χ0) is 19.0. The molecule has 0 spiro atoms. The molecule has 138 valence electrons. The molecule has 1 aliphatic rings. The average molecular weight is 357 g/mol. The van der Waals surface area contributed by atoms with Crippen LogP contribution in [0.3, 0.4) is 0 Å². The fourth-order valence-electron chi connectivity index (χ4n) is 4.79. The summed E-state index contributed by atoms with van der Waals surface area (Å²) in [4.78, 5) is 0. The van der Waals surface area contributed by atoms with Gasteiger partial charge < -0.3 is 0 Å². The number of aromatic nitrogens is 1. The van der Waals surface area contributed by atoms with Crippen LogP contribution in [0.1, 0.15) is 56.2 Å². The van der Waals surface area contributed by atoms with E-state index in [2.05, 4.69) is 93.2 Å². The van der Waals surface area contributed by atoms with Gasteiger partial charge in [0.15, 0.2) is 6.20 Å². The van der Waals surface area contributed by atoms with Gasteiger partial charge in [0, 0.05) is 17.0 Å². The van der Waals surface area contributed by atoms with Crippen LogP contribution in [0.5, 0.6) is 0 Å². The van der Waals surface area contributed by atoms with Crippen molar-refractivity contribution in [1.82, 2.24) is 0 Å². The van der Waals surface area contributed by atoms with Gasteiger partial charge in [-0.15, -0.1) is 0 Å². The summed E-state index contributed by atoms with van der Waals surface area (Å²) in [5.41, 5.74) is 9.89. The number of fused-ring (bicyclic) bond motifs is 3. The molecule has 3 aromatic rings. The van der Waals surface area contributed by atoms with E-state index >= 15 is 0 Å². The molecule has 2 aromatic carbocycles. The highest BCUT2D eigenvalue weighted by atomic mass is 14.9. The minimum absolute atomic E-state index is 0.104. The molecule has 1 unspecified atom stereocenters. The molecule has 0 amide bonds. The third-order valence-corrected chi connectivity index (χ3v) is 6.38. The highest BCUT2D eigenvalue weighted by Crippen LogP contribution is 2.51. The lowest BCUT2D eigenvalue weighted by Gasteiger charge is -2.27. The number of hydrogen-bond acceptors (Lipinski definition) is 0. The number of hydrogen-bond donors (Lipinski definition) is 0. The Bertz CT molecular complexity index is 985. The molecule has 1 aromatic heterocycles. The van der Waals surface area contributed by atoms with Gasteiger partial charge in [0.1, 0.15) is 7.05 Å². The maximum Gasteiger partial charge on any atom is 0.212 e. The maximum atomic E-state index is 2.46. The fourth-order valence-corrected chi connectivity index (χ4v) is 4.79. The zero-order valence-corrected chi connectivity index (χ0v) is 17.0. The minimum atomic E-state index is 0.104. The Hall–Kier alpha value is -2.41. The zero-order valence-electron chi connectivity index (χ0n) is 17.0. The highest BCUT2D eigenvalue weighted by molar-refractivity contribution is 5.81. The lowest BCUT2D eigenvalue weighted by atomic mass is 9.76. The first-order chi connectivity index (χ1) is 13.1. The van der Waals surface area contributed by atoms with Crippen LogP contribution in [0.25, 0.3) is 22.4 Å². The van der Waals surface area contributed by atoms with Crippen molar-refractivity contribution in [2.75, 3.05) is 0 Å². The highest BCUT2D eigenvalue weighted by Gasteiger charge is 2.41. The topological polar surface area (TPSA) is 3.88 Å². The minimum Gasteiger partial charge on any atom is -0.200 e. The molecule has 1 heterocycles. The predicted octanol–water partition coefficient (Wildman–Crippen LogP) is 6.35. The van der Waals surface area contributed by atoms with Crippen LogP contribution in [0.4, 0.5) is 0 Å². The van der Waals surface area contributed by atoms with Crippen molar-refractivity contribution in [1.29, 1.82) is 0 Å². The third kappa shape index (κ3) is 2.90. The first kappa shape index (κ1) is 18.0. The Morgan fingerprint density at radius 2 is 1.56 bits per heavy atom. The van der Waals surface area contributed by atoms with E-state index in [4.69, 9.17) is 0 Å². The Morgan fingerprint density at radius 3 is 2.30 bits per heavy atom. The van der Waals surface area contributed by atoms with Crippen molar-refractivity contribution in [3.8, 4) is 22.4 Å². The van der Waals surface area contributed by atoms with Gasteiger partial charge in [-0.1, -0.05) is 75.6 Å². The van der Waals surface area contributed by atoms with Gasteiger partial charge in [-0.05, 0) is 41.7 Å². The molecule has 1 atom stereocenters. The molecule has 0 saturated carbocycles. The standard InChI is InChI=1S/C26H30N/c1-5-6-11-16-26(3)23-15-10-9-14-21(23)22-18-27(4)25(17-24(22)26)20-13-8-7-12-19(20)2/h7-10,12-15,17-18H,5-6,11,16H2,1-4H3/q+1. The molecule has 1 nitrogen and oxygen atoms in total. The average Bonchev–Trinajstić information content (AvgIpc) is 2.91. The van der Waals surface area contributed by atoms with Crippen molar-refractivity contribution in [3.63, 3.8) is 0 Å². The van der Waals surface area contributed by atoms with Crippen molar-refractivity contribution >= 4 is 0 Å². The molecule has 0 bridgehead atoms. The van der Waals surface area contributed by atoms with E-state index in [0.717, 1.165) is 0 Å². The normalized spacial score (nSPS) is 17.6. The summed E-state index contributed by atoms with van der Waals surface area (Å²) in [6.45, 7) is 6.95. The van der Waals surface area contributed by atoms with Crippen LogP contribution in [0.15, 0.2) is 60.8 Å². The van der Waals surface area contributed by atoms with Gasteiger partial charge in [-0.3, -0.25) is 0 Å². The molecular weight excluding hydrogens is 326 g/mol. The molecule has 0 fully saturated rings. The Kier molecular flexibility index (Phi) is 4.63. The summed E-state index contributed by atoms with van der Waals surface area (Å²) in [7, 11) is 2.18. The van der Waals surface area contributed by atoms with E-state index in [1.54, 1.807) is 0 Å². The lowest BCUT2D eigenvalue weighted by Crippen LogP contribution is -2.32. The SMILES string of the molecule is CCCCCC1(C)c2ccccc2-c2c[n+](C)c(-c3ccccc3C)cc21. The maximum absolute atomic E-state index is 2.46. The van der Waals surface area contributed by atoms with Crippen molar-refractivity contribution in [2.45, 2.75) is 51.9 Å². The molecular formula is C26H30N+. The van der Waals surface area contributed by atoms with Crippen molar-refractivity contribution < 1.29 is 4.57 Å². The quantitative estimate of drug-likeness (QED) is 0.370. The summed E-state index contributed by atoms with van der Waals surface area (Å²) in [5, 5.41) is 0. The molecule has 0 aliphatic heterocycles. The fraction of sp³-hybridized carbons (Fsp3) is 0.346. The van der Waals surface area contributed by atoms with Gasteiger partial charge in [0.25, 0.3) is 0 Å². The molecule has 0 N–H and O–H groups in total. The van der Waals surface area contributed by atoms with E-state index < -0.39 is 0 Å². The van der Waals surface area contributed by atoms with Gasteiger partial charge in [-0.25, -0.2) is 4.57 Å². The summed E-state index contributed by atoms with van der Waals surface area (Å²) >= 11 is 0. The van der Waals surface area contributed by atoms with Crippen molar-refractivity contribution in [2.24, 2.45) is 7.05 Å². The number of unbranched alkanes of at least 4 members (excludes halogenated alkanes) is 2. The third-order valence-electron chi connectivity index (χ3n) is 6.38. The van der Waals surface area contributed by atoms with E-state index in [9.17, 15) is 0 Å². The number of rotatable bonds is 5. The van der Waals surface area contributed by atoms with Crippen molar-refractivity contribution in [3.05, 3.63) is 77.5 Å². The molecule has 1 aliphatic carbocycles. The second kappa shape index (κ2) is 6.96. The van der Waals surface area contributed by atoms with E-state index in [0.29, 0.717) is 0 Å². The largest absolute Gasteiger partial charge is 0.212 e. The van der Waals surface area contributed by atoms with Gasteiger partial charge in [-0.2, -0.15) is 0 Å². The second-order valence-electron chi connectivity index (χ2n) is 8.25. The Labute approximate surface area is 163 Å². The summed E-state index contributed by atoms with van der Waals surface area (Å²) < 4.78 is 2.30.